The van der Waals surface area contributed by atoms with E-state index in [2.05, 4.69) is 15.1 Å². The van der Waals surface area contributed by atoms with E-state index < -0.39 is 0 Å². The molecule has 0 atom stereocenters. The third-order valence-electron chi connectivity index (χ3n) is 1.58. The summed E-state index contributed by atoms with van der Waals surface area (Å²) in [4.78, 5) is 18.7. The number of Topliss-reactive ketones (excluding diaryl/α,β-unsaturated/α-hetero) is 1. The van der Waals surface area contributed by atoms with Crippen LogP contribution in [0.1, 0.15) is 23.5 Å². The Hall–Kier alpha value is -1.98. The first kappa shape index (κ1) is 8.61. The monoisotopic (exact) mass is 193 g/mol. The van der Waals surface area contributed by atoms with Crippen molar-refractivity contribution in [2.24, 2.45) is 0 Å². The summed E-state index contributed by atoms with van der Waals surface area (Å²) >= 11 is 0. The molecule has 0 saturated carbocycles. The lowest BCUT2D eigenvalue weighted by atomic mass is 10.4. The fourth-order valence-corrected chi connectivity index (χ4v) is 0.937. The molecule has 0 bridgehead atoms. The predicted octanol–water partition coefficient (Wildman–Crippen LogP) is 1.24. The second kappa shape index (κ2) is 3.06. The van der Waals surface area contributed by atoms with Crippen molar-refractivity contribution in [1.29, 1.82) is 0 Å². The Balaban J connectivity index is 2.38. The fraction of sp³-hybridized carbons (Fsp3) is 0.250. The first-order chi connectivity index (χ1) is 6.66. The number of hydrogen-bond acceptors (Lipinski definition) is 6. The number of aromatic nitrogens is 3. The average Bonchev–Trinajstić information content (AvgIpc) is 2.70. The van der Waals surface area contributed by atoms with Crippen LogP contribution in [0.3, 0.4) is 0 Å². The topological polar surface area (TPSA) is 82.0 Å². The molecule has 0 saturated heterocycles. The van der Waals surface area contributed by atoms with Crippen LogP contribution in [-0.2, 0) is 0 Å². The minimum absolute atomic E-state index is 0.0272. The van der Waals surface area contributed by atoms with Crippen LogP contribution >= 0.6 is 0 Å². The predicted molar refractivity (Wildman–Crippen MR) is 44.5 cm³/mol. The summed E-state index contributed by atoms with van der Waals surface area (Å²) in [6, 6.07) is 0. The Morgan fingerprint density at radius 2 is 2.21 bits per heavy atom. The van der Waals surface area contributed by atoms with Crippen LogP contribution in [-0.4, -0.2) is 20.9 Å². The lowest BCUT2D eigenvalue weighted by Gasteiger charge is -1.79. The molecule has 14 heavy (non-hydrogen) atoms. The molecule has 2 aromatic rings. The van der Waals surface area contributed by atoms with E-state index in [0.29, 0.717) is 11.6 Å². The third kappa shape index (κ3) is 1.41. The van der Waals surface area contributed by atoms with Gasteiger partial charge in [-0.2, -0.15) is 4.98 Å². The van der Waals surface area contributed by atoms with Crippen molar-refractivity contribution in [3.05, 3.63) is 18.0 Å². The van der Waals surface area contributed by atoms with E-state index in [1.807, 2.05) is 0 Å². The lowest BCUT2D eigenvalue weighted by molar-refractivity contribution is 0.0972. The molecular weight excluding hydrogens is 186 g/mol. The number of ketones is 1. The van der Waals surface area contributed by atoms with Gasteiger partial charge in [-0.25, -0.2) is 4.98 Å². The van der Waals surface area contributed by atoms with Gasteiger partial charge in [0.1, 0.15) is 12.0 Å². The Morgan fingerprint density at radius 3 is 2.71 bits per heavy atom. The lowest BCUT2D eigenvalue weighted by Crippen LogP contribution is -1.91. The summed E-state index contributed by atoms with van der Waals surface area (Å²) in [6.07, 6.45) is 1.41. The SMILES string of the molecule is CC(=O)c1nc(-c2coc(C)n2)no1. The first-order valence-electron chi connectivity index (χ1n) is 3.94. The summed E-state index contributed by atoms with van der Waals surface area (Å²) in [5.41, 5.74) is 0.457. The van der Waals surface area contributed by atoms with Crippen molar-refractivity contribution in [3.63, 3.8) is 0 Å². The van der Waals surface area contributed by atoms with E-state index in [0.717, 1.165) is 0 Å². The highest BCUT2D eigenvalue weighted by atomic mass is 16.5. The Kier molecular flexibility index (Phi) is 1.88. The molecule has 0 aliphatic carbocycles. The van der Waals surface area contributed by atoms with Gasteiger partial charge in [-0.3, -0.25) is 4.79 Å². The van der Waals surface area contributed by atoms with Gasteiger partial charge >= 0.3 is 0 Å². The molecule has 6 heteroatoms. The number of nitrogens with zero attached hydrogens (tertiary/aromatic N) is 3. The van der Waals surface area contributed by atoms with Crippen molar-refractivity contribution < 1.29 is 13.7 Å². The van der Waals surface area contributed by atoms with Crippen molar-refractivity contribution in [2.45, 2.75) is 13.8 Å². The van der Waals surface area contributed by atoms with Gasteiger partial charge in [-0.05, 0) is 0 Å². The molecular formula is C8H7N3O3. The summed E-state index contributed by atoms with van der Waals surface area (Å²) in [5, 5.41) is 3.59. The van der Waals surface area contributed by atoms with Crippen LogP contribution in [0.25, 0.3) is 11.5 Å². The Bertz CT molecular complexity index is 472. The second-order valence-corrected chi connectivity index (χ2v) is 2.73. The highest BCUT2D eigenvalue weighted by molar-refractivity contribution is 5.89. The Labute approximate surface area is 78.9 Å². The van der Waals surface area contributed by atoms with Crippen LogP contribution in [0, 0.1) is 6.92 Å². The molecule has 0 aliphatic rings. The van der Waals surface area contributed by atoms with Gasteiger partial charge in [0.25, 0.3) is 5.89 Å². The molecule has 0 radical (unpaired) electrons. The summed E-state index contributed by atoms with van der Waals surface area (Å²) in [7, 11) is 0. The number of hydrogen-bond donors (Lipinski definition) is 0. The van der Waals surface area contributed by atoms with Crippen LogP contribution in [0.5, 0.6) is 0 Å². The summed E-state index contributed by atoms with van der Waals surface area (Å²) in [5.74, 6) is 0.464. The van der Waals surface area contributed by atoms with Gasteiger partial charge in [0.05, 0.1) is 0 Å². The number of rotatable bonds is 2. The van der Waals surface area contributed by atoms with Crippen molar-refractivity contribution in [3.8, 4) is 11.5 Å². The molecule has 0 aliphatic heterocycles. The fourth-order valence-electron chi connectivity index (χ4n) is 0.937. The smallest absolute Gasteiger partial charge is 0.294 e. The van der Waals surface area contributed by atoms with Gasteiger partial charge in [0.15, 0.2) is 5.89 Å². The zero-order valence-electron chi connectivity index (χ0n) is 7.64. The molecule has 0 fully saturated rings. The van der Waals surface area contributed by atoms with E-state index in [1.54, 1.807) is 6.92 Å². The van der Waals surface area contributed by atoms with Gasteiger partial charge in [-0.15, -0.1) is 0 Å². The molecule has 0 unspecified atom stereocenters. The normalized spacial score (nSPS) is 10.4. The number of aryl methyl sites for hydroxylation is 1. The van der Waals surface area contributed by atoms with Gasteiger partial charge in [0, 0.05) is 13.8 Å². The van der Waals surface area contributed by atoms with Crippen molar-refractivity contribution in [2.75, 3.05) is 0 Å². The zero-order valence-corrected chi connectivity index (χ0v) is 7.64. The summed E-state index contributed by atoms with van der Waals surface area (Å²) < 4.78 is 9.67. The van der Waals surface area contributed by atoms with Gasteiger partial charge < -0.3 is 8.94 Å². The zero-order chi connectivity index (χ0) is 10.1. The van der Waals surface area contributed by atoms with Crippen LogP contribution < -0.4 is 0 Å². The maximum absolute atomic E-state index is 10.9. The molecule has 72 valence electrons. The summed E-state index contributed by atoms with van der Waals surface area (Å²) in [6.45, 7) is 3.06. The molecule has 2 heterocycles. The van der Waals surface area contributed by atoms with Gasteiger partial charge in [0.2, 0.25) is 11.6 Å². The van der Waals surface area contributed by atoms with Crippen LogP contribution in [0.15, 0.2) is 15.2 Å². The van der Waals surface area contributed by atoms with Crippen LogP contribution in [0.2, 0.25) is 0 Å². The molecule has 2 aromatic heterocycles. The second-order valence-electron chi connectivity index (χ2n) is 2.73. The standard InChI is InChI=1S/C8H7N3O3/c1-4(12)8-10-7(11-14-8)6-3-13-5(2)9-6/h3H,1-2H3. The molecule has 0 aromatic carbocycles. The molecule has 0 spiro atoms. The molecule has 0 amide bonds. The minimum atomic E-state index is -0.274. The van der Waals surface area contributed by atoms with E-state index in [-0.39, 0.29) is 17.5 Å². The number of carbonyl (C=O) groups excluding carboxylic acids is 1. The number of oxazole rings is 1. The highest BCUT2D eigenvalue weighted by Gasteiger charge is 2.14. The van der Waals surface area contributed by atoms with E-state index in [9.17, 15) is 4.79 Å². The minimum Gasteiger partial charge on any atom is -0.449 e. The van der Waals surface area contributed by atoms with E-state index in [4.69, 9.17) is 8.94 Å². The first-order valence-corrected chi connectivity index (χ1v) is 3.94. The number of carbonyl (C=O) groups is 1. The highest BCUT2D eigenvalue weighted by Crippen LogP contribution is 2.14. The molecule has 0 N–H and O–H groups in total. The van der Waals surface area contributed by atoms with Crippen molar-refractivity contribution in [1.82, 2.24) is 15.1 Å². The van der Waals surface area contributed by atoms with Crippen molar-refractivity contribution >= 4 is 5.78 Å². The molecule has 6 nitrogen and oxygen atoms in total. The third-order valence-corrected chi connectivity index (χ3v) is 1.58. The maximum atomic E-state index is 10.9. The molecule has 2 rings (SSSR count). The maximum Gasteiger partial charge on any atom is 0.294 e. The van der Waals surface area contributed by atoms with E-state index >= 15 is 0 Å². The Morgan fingerprint density at radius 1 is 1.43 bits per heavy atom. The quantitative estimate of drug-likeness (QED) is 0.667. The van der Waals surface area contributed by atoms with E-state index in [1.165, 1.54) is 13.2 Å². The van der Waals surface area contributed by atoms with Crippen LogP contribution in [0.4, 0.5) is 0 Å². The van der Waals surface area contributed by atoms with Gasteiger partial charge in [-0.1, -0.05) is 5.16 Å². The average molecular weight is 193 g/mol. The largest absolute Gasteiger partial charge is 0.449 e.